The van der Waals surface area contributed by atoms with Gasteiger partial charge in [-0.3, -0.25) is 9.59 Å². The first-order valence-electron chi connectivity index (χ1n) is 13.2. The lowest BCUT2D eigenvalue weighted by atomic mass is 10.00. The summed E-state index contributed by atoms with van der Waals surface area (Å²) in [7, 11) is 5.09. The van der Waals surface area contributed by atoms with Gasteiger partial charge in [0.05, 0.1) is 13.2 Å². The number of ether oxygens (including phenoxy) is 1. The number of rotatable bonds is 8. The molecule has 8 nitrogen and oxygen atoms in total. The second-order valence-corrected chi connectivity index (χ2v) is 9.91. The van der Waals surface area contributed by atoms with Gasteiger partial charge in [0.25, 0.3) is 11.8 Å². The highest BCUT2D eigenvalue weighted by atomic mass is 16.5. The van der Waals surface area contributed by atoms with Gasteiger partial charge < -0.3 is 29.7 Å². The average Bonchev–Trinajstić information content (AvgIpc) is 3.34. The normalized spacial score (nSPS) is 14.7. The summed E-state index contributed by atoms with van der Waals surface area (Å²) in [6.07, 6.45) is 1.92. The lowest BCUT2D eigenvalue weighted by Crippen LogP contribution is -2.46. The molecule has 202 valence electrons. The maximum atomic E-state index is 13.4. The molecule has 1 saturated heterocycles. The Bertz CT molecular complexity index is 1310. The molecule has 8 heteroatoms. The summed E-state index contributed by atoms with van der Waals surface area (Å²) in [6.45, 7) is 11.2. The summed E-state index contributed by atoms with van der Waals surface area (Å²) >= 11 is 0. The number of carbonyl (C=O) groups excluding carboxylic acids is 2. The number of amides is 2. The fourth-order valence-electron chi connectivity index (χ4n) is 4.96. The highest BCUT2D eigenvalue weighted by molar-refractivity contribution is 5.97. The third kappa shape index (κ3) is 5.86. The molecular formula is C30H39N5O3. The van der Waals surface area contributed by atoms with E-state index in [4.69, 9.17) is 4.74 Å². The van der Waals surface area contributed by atoms with Gasteiger partial charge in [0, 0.05) is 63.3 Å². The molecule has 0 aliphatic carbocycles. The average molecular weight is 518 g/mol. The minimum Gasteiger partial charge on any atom is -0.497 e. The Balaban J connectivity index is 1.55. The Hall–Kier alpha value is -3.78. The molecule has 0 saturated carbocycles. The minimum atomic E-state index is -0.255. The summed E-state index contributed by atoms with van der Waals surface area (Å²) in [5, 5.41) is 5.86. The number of anilines is 1. The number of likely N-dealkylation sites (N-methyl/N-ethyl adjacent to an activating group) is 1. The van der Waals surface area contributed by atoms with Crippen molar-refractivity contribution in [1.82, 2.24) is 20.1 Å². The zero-order valence-electron chi connectivity index (χ0n) is 23.3. The van der Waals surface area contributed by atoms with Gasteiger partial charge in [-0.2, -0.15) is 0 Å². The van der Waals surface area contributed by atoms with Crippen LogP contribution in [0.5, 0.6) is 5.75 Å². The molecule has 2 aromatic carbocycles. The van der Waals surface area contributed by atoms with Crippen LogP contribution in [0.25, 0.3) is 11.1 Å². The number of nitrogens with one attached hydrogen (secondary N) is 2. The number of aromatic nitrogens is 1. The van der Waals surface area contributed by atoms with E-state index in [1.165, 1.54) is 0 Å². The summed E-state index contributed by atoms with van der Waals surface area (Å²) in [6, 6.07) is 13.7. The van der Waals surface area contributed by atoms with Crippen molar-refractivity contribution in [2.45, 2.75) is 26.8 Å². The standard InChI is InChI=1S/C30H39N5O3/c1-7-34-10-12-35(13-11-34)25-9-8-20(2)27(18-25)29(36)32-21(3)22-14-23(16-26(15-22)38-6)24-17-28(30(37)31-4)33(5)19-24/h8-9,14-19,21H,7,10-13H2,1-6H3,(H,31,37)(H,32,36). The fourth-order valence-corrected chi connectivity index (χ4v) is 4.96. The van der Waals surface area contributed by atoms with Gasteiger partial charge in [0.1, 0.15) is 11.4 Å². The van der Waals surface area contributed by atoms with Crippen LogP contribution in [0.15, 0.2) is 48.7 Å². The van der Waals surface area contributed by atoms with Crippen LogP contribution in [0.2, 0.25) is 0 Å². The van der Waals surface area contributed by atoms with Gasteiger partial charge in [-0.25, -0.2) is 0 Å². The summed E-state index contributed by atoms with van der Waals surface area (Å²) in [4.78, 5) is 30.4. The van der Waals surface area contributed by atoms with Crippen LogP contribution in [-0.4, -0.2) is 68.2 Å². The lowest BCUT2D eigenvalue weighted by Gasteiger charge is -2.35. The second kappa shape index (κ2) is 11.7. The van der Waals surface area contributed by atoms with Crippen LogP contribution in [0.3, 0.4) is 0 Å². The topological polar surface area (TPSA) is 78.8 Å². The van der Waals surface area contributed by atoms with Crippen LogP contribution in [0, 0.1) is 6.92 Å². The highest BCUT2D eigenvalue weighted by Crippen LogP contribution is 2.30. The van der Waals surface area contributed by atoms with Gasteiger partial charge in [-0.05, 0) is 73.5 Å². The zero-order chi connectivity index (χ0) is 27.4. The van der Waals surface area contributed by atoms with E-state index in [1.807, 2.05) is 63.5 Å². The Morgan fingerprint density at radius 3 is 2.39 bits per heavy atom. The van der Waals surface area contributed by atoms with Crippen molar-refractivity contribution in [2.75, 3.05) is 51.8 Å². The first-order chi connectivity index (χ1) is 18.2. The van der Waals surface area contributed by atoms with Crippen LogP contribution >= 0.6 is 0 Å². The van der Waals surface area contributed by atoms with Crippen LogP contribution in [0.1, 0.15) is 51.9 Å². The number of piperazine rings is 1. The number of hydrogen-bond donors (Lipinski definition) is 2. The van der Waals surface area contributed by atoms with E-state index in [9.17, 15) is 9.59 Å². The molecule has 38 heavy (non-hydrogen) atoms. The van der Waals surface area contributed by atoms with E-state index in [1.54, 1.807) is 18.7 Å². The van der Waals surface area contributed by atoms with Crippen molar-refractivity contribution in [2.24, 2.45) is 7.05 Å². The van der Waals surface area contributed by atoms with Crippen LogP contribution in [0.4, 0.5) is 5.69 Å². The molecule has 4 rings (SSSR count). The molecule has 1 unspecified atom stereocenters. The van der Waals surface area contributed by atoms with Crippen molar-refractivity contribution < 1.29 is 14.3 Å². The lowest BCUT2D eigenvalue weighted by molar-refractivity contribution is 0.0935. The number of benzene rings is 2. The number of aryl methyl sites for hydroxylation is 2. The van der Waals surface area contributed by atoms with Crippen LogP contribution in [-0.2, 0) is 7.05 Å². The maximum Gasteiger partial charge on any atom is 0.267 e. The molecule has 2 heterocycles. The van der Waals surface area contributed by atoms with Gasteiger partial charge in [-0.1, -0.05) is 13.0 Å². The van der Waals surface area contributed by atoms with E-state index in [0.29, 0.717) is 17.0 Å². The summed E-state index contributed by atoms with van der Waals surface area (Å²) in [5.74, 6) is 0.440. The first kappa shape index (κ1) is 27.3. The fraction of sp³-hybridized carbons (Fsp3) is 0.400. The Morgan fingerprint density at radius 2 is 1.74 bits per heavy atom. The summed E-state index contributed by atoms with van der Waals surface area (Å²) < 4.78 is 7.37. The quantitative estimate of drug-likeness (QED) is 0.472. The summed E-state index contributed by atoms with van der Waals surface area (Å²) in [5.41, 5.74) is 6.02. The van der Waals surface area contributed by atoms with Gasteiger partial charge in [0.2, 0.25) is 0 Å². The van der Waals surface area contributed by atoms with E-state index < -0.39 is 0 Å². The van der Waals surface area contributed by atoms with E-state index >= 15 is 0 Å². The molecule has 3 aromatic rings. The molecule has 1 atom stereocenters. The first-order valence-corrected chi connectivity index (χ1v) is 13.2. The monoisotopic (exact) mass is 517 g/mol. The Labute approximate surface area is 225 Å². The SMILES string of the molecule is CCN1CCN(c2ccc(C)c(C(=O)NC(C)c3cc(OC)cc(-c4cc(C(=O)NC)n(C)c4)c3)c2)CC1. The Kier molecular flexibility index (Phi) is 8.42. The van der Waals surface area contributed by atoms with Crippen molar-refractivity contribution in [3.05, 3.63) is 71.0 Å². The zero-order valence-corrected chi connectivity index (χ0v) is 23.3. The van der Waals surface area contributed by atoms with Crippen molar-refractivity contribution in [3.63, 3.8) is 0 Å². The van der Waals surface area contributed by atoms with Gasteiger partial charge in [0.15, 0.2) is 0 Å². The van der Waals surface area contributed by atoms with Crippen LogP contribution < -0.4 is 20.3 Å². The number of carbonyl (C=O) groups is 2. The van der Waals surface area contributed by atoms with E-state index in [0.717, 1.165) is 60.7 Å². The number of nitrogens with zero attached hydrogens (tertiary/aromatic N) is 3. The smallest absolute Gasteiger partial charge is 0.267 e. The predicted molar refractivity (Wildman–Crippen MR) is 152 cm³/mol. The molecule has 0 spiro atoms. The highest BCUT2D eigenvalue weighted by Gasteiger charge is 2.20. The molecule has 1 aliphatic heterocycles. The van der Waals surface area contributed by atoms with E-state index in [-0.39, 0.29) is 17.9 Å². The van der Waals surface area contributed by atoms with Crippen molar-refractivity contribution in [3.8, 4) is 16.9 Å². The second-order valence-electron chi connectivity index (χ2n) is 9.91. The van der Waals surface area contributed by atoms with Gasteiger partial charge in [-0.15, -0.1) is 0 Å². The van der Waals surface area contributed by atoms with Crippen molar-refractivity contribution >= 4 is 17.5 Å². The molecule has 1 aliphatic rings. The number of methoxy groups -OCH3 is 1. The molecule has 0 bridgehead atoms. The van der Waals surface area contributed by atoms with E-state index in [2.05, 4.69) is 33.4 Å². The molecule has 1 fully saturated rings. The van der Waals surface area contributed by atoms with Gasteiger partial charge >= 0.3 is 0 Å². The predicted octanol–water partition coefficient (Wildman–Crippen LogP) is 4.00. The third-order valence-electron chi connectivity index (χ3n) is 7.46. The van der Waals surface area contributed by atoms with Crippen molar-refractivity contribution in [1.29, 1.82) is 0 Å². The molecule has 0 radical (unpaired) electrons. The molecular weight excluding hydrogens is 478 g/mol. The molecule has 2 amide bonds. The largest absolute Gasteiger partial charge is 0.497 e. The maximum absolute atomic E-state index is 13.4. The number of hydrogen-bond acceptors (Lipinski definition) is 5. The third-order valence-corrected chi connectivity index (χ3v) is 7.46. The minimum absolute atomic E-state index is 0.102. The molecule has 1 aromatic heterocycles. The Morgan fingerprint density at radius 1 is 1.00 bits per heavy atom. The molecule has 2 N–H and O–H groups in total.